The highest BCUT2D eigenvalue weighted by Gasteiger charge is 2.15. The zero-order chi connectivity index (χ0) is 11.1. The lowest BCUT2D eigenvalue weighted by molar-refractivity contribution is -0.121. The van der Waals surface area contributed by atoms with Crippen molar-refractivity contribution < 1.29 is 9.53 Å². The van der Waals surface area contributed by atoms with Crippen LogP contribution in [0, 0.1) is 5.92 Å². The molecule has 0 aliphatic carbocycles. The van der Waals surface area contributed by atoms with Gasteiger partial charge in [0, 0.05) is 7.11 Å². The first kappa shape index (κ1) is 13.3. The van der Waals surface area contributed by atoms with Crippen molar-refractivity contribution in [1.29, 1.82) is 0 Å². The van der Waals surface area contributed by atoms with Gasteiger partial charge in [-0.3, -0.25) is 4.79 Å². The van der Waals surface area contributed by atoms with E-state index in [0.717, 1.165) is 0 Å². The van der Waals surface area contributed by atoms with Crippen molar-refractivity contribution in [2.24, 2.45) is 11.7 Å². The van der Waals surface area contributed by atoms with E-state index < -0.39 is 0 Å². The third-order valence-corrected chi connectivity index (χ3v) is 1.98. The number of nitrogens with one attached hydrogen (secondary N) is 1. The van der Waals surface area contributed by atoms with Crippen LogP contribution >= 0.6 is 12.2 Å². The topological polar surface area (TPSA) is 64.3 Å². The minimum Gasteiger partial charge on any atom is -0.393 e. The molecule has 0 rings (SSSR count). The molecule has 4 nitrogen and oxygen atoms in total. The Morgan fingerprint density at radius 2 is 2.14 bits per heavy atom. The zero-order valence-corrected chi connectivity index (χ0v) is 9.69. The van der Waals surface area contributed by atoms with Crippen molar-refractivity contribution in [2.45, 2.75) is 26.3 Å². The second kappa shape index (κ2) is 6.73. The molecular weight excluding hydrogens is 200 g/mol. The van der Waals surface area contributed by atoms with Crippen molar-refractivity contribution in [3.8, 4) is 0 Å². The van der Waals surface area contributed by atoms with Gasteiger partial charge in [-0.25, -0.2) is 0 Å². The van der Waals surface area contributed by atoms with Crippen LogP contribution in [-0.2, 0) is 9.53 Å². The van der Waals surface area contributed by atoms with Gasteiger partial charge in [-0.1, -0.05) is 26.1 Å². The number of rotatable bonds is 6. The van der Waals surface area contributed by atoms with Crippen LogP contribution in [0.1, 0.15) is 20.3 Å². The van der Waals surface area contributed by atoms with Gasteiger partial charge in [0.1, 0.15) is 0 Å². The maximum absolute atomic E-state index is 11.3. The molecule has 1 amide bonds. The number of amides is 1. The minimum atomic E-state index is -0.145. The van der Waals surface area contributed by atoms with Crippen molar-refractivity contribution in [3.05, 3.63) is 0 Å². The molecule has 0 saturated carbocycles. The Morgan fingerprint density at radius 1 is 1.57 bits per heavy atom. The zero-order valence-electron chi connectivity index (χ0n) is 8.87. The van der Waals surface area contributed by atoms with E-state index in [0.29, 0.717) is 12.5 Å². The molecule has 82 valence electrons. The Morgan fingerprint density at radius 3 is 2.50 bits per heavy atom. The van der Waals surface area contributed by atoms with Crippen LogP contribution in [0.4, 0.5) is 0 Å². The molecule has 0 bridgehead atoms. The lowest BCUT2D eigenvalue weighted by atomic mass is 10.1. The SMILES string of the molecule is COCC(NC(=O)CC(N)=S)C(C)C. The molecule has 0 aliphatic rings. The van der Waals surface area contributed by atoms with Gasteiger partial charge >= 0.3 is 0 Å². The molecule has 0 fully saturated rings. The average Bonchev–Trinajstić information content (AvgIpc) is 2.01. The maximum Gasteiger partial charge on any atom is 0.227 e. The normalized spacial score (nSPS) is 12.6. The van der Waals surface area contributed by atoms with E-state index in [1.165, 1.54) is 0 Å². The number of methoxy groups -OCH3 is 1. The van der Waals surface area contributed by atoms with Gasteiger partial charge in [-0.05, 0) is 5.92 Å². The number of thiocarbonyl (C=S) groups is 1. The lowest BCUT2D eigenvalue weighted by Gasteiger charge is -2.21. The van der Waals surface area contributed by atoms with Gasteiger partial charge < -0.3 is 15.8 Å². The Hall–Kier alpha value is -0.680. The second-order valence-electron chi connectivity index (χ2n) is 3.52. The Labute approximate surface area is 90.2 Å². The first-order valence-electron chi connectivity index (χ1n) is 4.54. The molecule has 1 atom stereocenters. The molecule has 5 heteroatoms. The molecule has 1 unspecified atom stereocenters. The van der Waals surface area contributed by atoms with Crippen molar-refractivity contribution in [3.63, 3.8) is 0 Å². The van der Waals surface area contributed by atoms with E-state index in [1.807, 2.05) is 13.8 Å². The van der Waals surface area contributed by atoms with Crippen molar-refractivity contribution in [1.82, 2.24) is 5.32 Å². The summed E-state index contributed by atoms with van der Waals surface area (Å²) in [6, 6.07) is 0.0156. The van der Waals surface area contributed by atoms with Crippen molar-refractivity contribution in [2.75, 3.05) is 13.7 Å². The Bertz CT molecular complexity index is 207. The van der Waals surface area contributed by atoms with Gasteiger partial charge in [0.15, 0.2) is 0 Å². The highest BCUT2D eigenvalue weighted by molar-refractivity contribution is 7.80. The summed E-state index contributed by atoms with van der Waals surface area (Å²) in [6.07, 6.45) is 0.0995. The van der Waals surface area contributed by atoms with E-state index >= 15 is 0 Å². The molecule has 0 aliphatic heterocycles. The van der Waals surface area contributed by atoms with Crippen molar-refractivity contribution >= 4 is 23.1 Å². The first-order chi connectivity index (χ1) is 6.47. The summed E-state index contributed by atoms with van der Waals surface area (Å²) in [4.78, 5) is 11.5. The fourth-order valence-corrected chi connectivity index (χ4v) is 1.13. The van der Waals surface area contributed by atoms with Crippen LogP contribution < -0.4 is 11.1 Å². The summed E-state index contributed by atoms with van der Waals surface area (Å²) >= 11 is 4.64. The molecule has 14 heavy (non-hydrogen) atoms. The van der Waals surface area contributed by atoms with E-state index in [-0.39, 0.29) is 23.4 Å². The third-order valence-electron chi connectivity index (χ3n) is 1.83. The van der Waals surface area contributed by atoms with E-state index in [2.05, 4.69) is 17.5 Å². The number of ether oxygens (including phenoxy) is 1. The van der Waals surface area contributed by atoms with Crippen LogP contribution in [0.25, 0.3) is 0 Å². The fraction of sp³-hybridized carbons (Fsp3) is 0.778. The van der Waals surface area contributed by atoms with E-state index in [4.69, 9.17) is 10.5 Å². The summed E-state index contributed by atoms with van der Waals surface area (Å²) in [5, 5.41) is 2.82. The standard InChI is InChI=1S/C9H18N2O2S/c1-6(2)7(5-13-3)11-9(12)4-8(10)14/h6-7H,4-5H2,1-3H3,(H2,10,14)(H,11,12). The average molecular weight is 218 g/mol. The number of hydrogen-bond acceptors (Lipinski definition) is 3. The lowest BCUT2D eigenvalue weighted by Crippen LogP contribution is -2.42. The summed E-state index contributed by atoms with van der Waals surface area (Å²) in [5.41, 5.74) is 5.26. The monoisotopic (exact) mass is 218 g/mol. The predicted octanol–water partition coefficient (Wildman–Crippen LogP) is 0.450. The smallest absolute Gasteiger partial charge is 0.227 e. The predicted molar refractivity (Wildman–Crippen MR) is 60.0 cm³/mol. The molecule has 0 aromatic heterocycles. The van der Waals surface area contributed by atoms with Gasteiger partial charge in [0.25, 0.3) is 0 Å². The van der Waals surface area contributed by atoms with Gasteiger partial charge in [-0.15, -0.1) is 0 Å². The Balaban J connectivity index is 4.02. The molecule has 0 radical (unpaired) electrons. The van der Waals surface area contributed by atoms with E-state index in [9.17, 15) is 4.79 Å². The molecule has 0 saturated heterocycles. The highest BCUT2D eigenvalue weighted by atomic mass is 32.1. The molecule has 0 aromatic carbocycles. The van der Waals surface area contributed by atoms with Gasteiger partial charge in [-0.2, -0.15) is 0 Å². The summed E-state index contributed by atoms with van der Waals surface area (Å²) in [6.45, 7) is 4.54. The molecular formula is C9H18N2O2S. The number of carbonyl (C=O) groups excluding carboxylic acids is 1. The first-order valence-corrected chi connectivity index (χ1v) is 4.94. The molecule has 0 aromatic rings. The van der Waals surface area contributed by atoms with Gasteiger partial charge in [0.2, 0.25) is 5.91 Å². The van der Waals surface area contributed by atoms with Crippen LogP contribution in [0.5, 0.6) is 0 Å². The van der Waals surface area contributed by atoms with Crippen LogP contribution in [0.2, 0.25) is 0 Å². The van der Waals surface area contributed by atoms with Crippen LogP contribution in [0.3, 0.4) is 0 Å². The highest BCUT2D eigenvalue weighted by Crippen LogP contribution is 2.02. The van der Waals surface area contributed by atoms with Crippen LogP contribution in [-0.4, -0.2) is 30.7 Å². The van der Waals surface area contributed by atoms with E-state index in [1.54, 1.807) is 7.11 Å². The number of carbonyl (C=O) groups is 1. The Kier molecular flexibility index (Phi) is 6.40. The second-order valence-corrected chi connectivity index (χ2v) is 4.04. The third kappa shape index (κ3) is 5.88. The number of nitrogens with two attached hydrogens (primary N) is 1. The quantitative estimate of drug-likeness (QED) is 0.635. The minimum absolute atomic E-state index is 0.0156. The maximum atomic E-state index is 11.3. The molecule has 3 N–H and O–H groups in total. The molecule has 0 heterocycles. The summed E-state index contributed by atoms with van der Waals surface area (Å²) < 4.78 is 4.99. The summed E-state index contributed by atoms with van der Waals surface area (Å²) in [7, 11) is 1.61. The largest absolute Gasteiger partial charge is 0.393 e. The van der Waals surface area contributed by atoms with Crippen LogP contribution in [0.15, 0.2) is 0 Å². The summed E-state index contributed by atoms with van der Waals surface area (Å²) in [5.74, 6) is 0.179. The number of hydrogen-bond donors (Lipinski definition) is 2. The molecule has 0 spiro atoms. The fourth-order valence-electron chi connectivity index (χ4n) is 0.996. The van der Waals surface area contributed by atoms with Gasteiger partial charge in [0.05, 0.1) is 24.1 Å².